The molecule has 3 rings (SSSR count). The Kier molecular flexibility index (Phi) is 4.51. The van der Waals surface area contributed by atoms with Crippen LogP contribution in [0.5, 0.6) is 0 Å². The van der Waals surface area contributed by atoms with Gasteiger partial charge in [-0.25, -0.2) is 14.7 Å². The van der Waals surface area contributed by atoms with Gasteiger partial charge >= 0.3 is 6.09 Å². The molecule has 0 saturated carbocycles. The molecular weight excluding hydrogens is 320 g/mol. The van der Waals surface area contributed by atoms with Gasteiger partial charge in [0.1, 0.15) is 0 Å². The van der Waals surface area contributed by atoms with E-state index < -0.39 is 6.09 Å². The van der Waals surface area contributed by atoms with E-state index in [4.69, 9.17) is 0 Å². The molecule has 0 radical (unpaired) electrons. The maximum absolute atomic E-state index is 11.5. The number of aryl methyl sites for hydroxylation is 1. The zero-order valence-electron chi connectivity index (χ0n) is 14.3. The highest BCUT2D eigenvalue weighted by Crippen LogP contribution is 2.20. The topological polar surface area (TPSA) is 95.7 Å². The lowest BCUT2D eigenvalue weighted by Crippen LogP contribution is -2.37. The zero-order chi connectivity index (χ0) is 18.0. The highest BCUT2D eigenvalue weighted by molar-refractivity contribution is 5.85. The number of rotatable bonds is 5. The maximum atomic E-state index is 11.5. The molecule has 0 aliphatic carbocycles. The molecule has 0 unspecified atom stereocenters. The summed E-state index contributed by atoms with van der Waals surface area (Å²) in [5.41, 5.74) is 2.79. The summed E-state index contributed by atoms with van der Waals surface area (Å²) >= 11 is 0. The molecule has 0 fully saturated rings. The predicted molar refractivity (Wildman–Crippen MR) is 94.9 cm³/mol. The maximum Gasteiger partial charge on any atom is 0.414 e. The summed E-state index contributed by atoms with van der Waals surface area (Å²) in [5, 5.41) is 20.8. The molecule has 0 aliphatic rings. The first-order valence-electron chi connectivity index (χ1n) is 7.98. The van der Waals surface area contributed by atoms with Gasteiger partial charge in [-0.15, -0.1) is 10.2 Å². The van der Waals surface area contributed by atoms with Gasteiger partial charge in [0.05, 0.1) is 0 Å². The third-order valence-corrected chi connectivity index (χ3v) is 3.79. The number of nitrogens with one attached hydrogen (secondary N) is 1. The van der Waals surface area contributed by atoms with Crippen molar-refractivity contribution in [2.45, 2.75) is 33.4 Å². The van der Waals surface area contributed by atoms with Crippen LogP contribution < -0.4 is 10.2 Å². The molecule has 130 valence electrons. The number of carbonyl (C=O) groups is 1. The van der Waals surface area contributed by atoms with Gasteiger partial charge in [-0.3, -0.25) is 4.40 Å². The first kappa shape index (κ1) is 16.7. The largest absolute Gasteiger partial charge is 0.465 e. The molecular formula is C17H20N6O2. The second kappa shape index (κ2) is 6.76. The first-order valence-corrected chi connectivity index (χ1v) is 7.98. The van der Waals surface area contributed by atoms with Crippen LogP contribution in [-0.2, 0) is 6.54 Å². The molecule has 1 amide bonds. The molecule has 1 aromatic carbocycles. The molecule has 0 aliphatic heterocycles. The van der Waals surface area contributed by atoms with Crippen LogP contribution in [-0.4, -0.2) is 36.8 Å². The molecule has 0 spiro atoms. The average Bonchev–Trinajstić information content (AvgIpc) is 2.97. The summed E-state index contributed by atoms with van der Waals surface area (Å²) in [7, 11) is 0. The molecule has 0 bridgehead atoms. The van der Waals surface area contributed by atoms with Crippen molar-refractivity contribution in [2.24, 2.45) is 0 Å². The fraction of sp³-hybridized carbons (Fsp3) is 0.294. The van der Waals surface area contributed by atoms with E-state index in [2.05, 4.69) is 26.6 Å². The average molecular weight is 340 g/mol. The van der Waals surface area contributed by atoms with Crippen molar-refractivity contribution in [2.75, 3.05) is 10.2 Å². The minimum atomic E-state index is -1.07. The number of hydrogen-bond donors (Lipinski definition) is 2. The van der Waals surface area contributed by atoms with Crippen LogP contribution in [0.3, 0.4) is 0 Å². The van der Waals surface area contributed by atoms with E-state index in [1.54, 1.807) is 30.6 Å². The second-order valence-corrected chi connectivity index (χ2v) is 6.06. The van der Waals surface area contributed by atoms with Crippen molar-refractivity contribution in [3.05, 3.63) is 47.8 Å². The van der Waals surface area contributed by atoms with E-state index in [1.807, 2.05) is 25.1 Å². The quantitative estimate of drug-likeness (QED) is 0.741. The van der Waals surface area contributed by atoms with Crippen LogP contribution in [0.4, 0.5) is 16.6 Å². The monoisotopic (exact) mass is 340 g/mol. The normalized spacial score (nSPS) is 11.0. The Bertz CT molecular complexity index is 905. The molecule has 2 aromatic heterocycles. The lowest BCUT2D eigenvalue weighted by molar-refractivity contribution is 0.199. The molecule has 25 heavy (non-hydrogen) atoms. The Labute approximate surface area is 145 Å². The molecule has 8 heteroatoms. The number of aromatic nitrogens is 4. The van der Waals surface area contributed by atoms with E-state index in [0.29, 0.717) is 18.0 Å². The molecule has 2 N–H and O–H groups in total. The van der Waals surface area contributed by atoms with Gasteiger partial charge in [0.15, 0.2) is 5.82 Å². The van der Waals surface area contributed by atoms with E-state index in [-0.39, 0.29) is 12.0 Å². The van der Waals surface area contributed by atoms with Crippen LogP contribution in [0.15, 0.2) is 36.7 Å². The summed E-state index contributed by atoms with van der Waals surface area (Å²) < 4.78 is 1.62. The van der Waals surface area contributed by atoms with Crippen LogP contribution in [0.2, 0.25) is 0 Å². The summed E-state index contributed by atoms with van der Waals surface area (Å²) in [6.07, 6.45) is 2.18. The van der Waals surface area contributed by atoms with Crippen molar-refractivity contribution < 1.29 is 9.90 Å². The van der Waals surface area contributed by atoms with Gasteiger partial charge in [-0.1, -0.05) is 29.8 Å². The van der Waals surface area contributed by atoms with E-state index in [0.717, 1.165) is 5.56 Å². The molecule has 8 nitrogen and oxygen atoms in total. The van der Waals surface area contributed by atoms with Crippen molar-refractivity contribution >= 4 is 23.5 Å². The lowest BCUT2D eigenvalue weighted by Gasteiger charge is -2.20. The number of amides is 1. The molecule has 2 heterocycles. The number of carboxylic acid groups (broad SMARTS) is 1. The third kappa shape index (κ3) is 3.37. The standard InChI is InChI=1S/C17H20N6O2/c1-11(2)23(17(24)25)16-21-20-15-14(18-7-8-22(15)16)19-10-13-6-4-5-12(3)9-13/h4-9,11H,10H2,1-3H3,(H,18,19)(H,24,25). The Balaban J connectivity index is 1.92. The Hall–Kier alpha value is -3.16. The number of hydrogen-bond acceptors (Lipinski definition) is 5. The summed E-state index contributed by atoms with van der Waals surface area (Å²) in [6.45, 7) is 6.20. The summed E-state index contributed by atoms with van der Waals surface area (Å²) in [6, 6.07) is 7.90. The van der Waals surface area contributed by atoms with Crippen LogP contribution >= 0.6 is 0 Å². The summed E-state index contributed by atoms with van der Waals surface area (Å²) in [5.74, 6) is 0.801. The Morgan fingerprint density at radius 1 is 1.36 bits per heavy atom. The van der Waals surface area contributed by atoms with Crippen molar-refractivity contribution in [1.29, 1.82) is 0 Å². The van der Waals surface area contributed by atoms with Gasteiger partial charge in [-0.05, 0) is 26.3 Å². The molecule has 3 aromatic rings. The van der Waals surface area contributed by atoms with Gasteiger partial charge in [0.2, 0.25) is 11.6 Å². The third-order valence-electron chi connectivity index (χ3n) is 3.79. The fourth-order valence-corrected chi connectivity index (χ4v) is 2.65. The number of anilines is 2. The van der Waals surface area contributed by atoms with Crippen LogP contribution in [0.1, 0.15) is 25.0 Å². The highest BCUT2D eigenvalue weighted by atomic mass is 16.4. The smallest absolute Gasteiger partial charge is 0.414 e. The summed E-state index contributed by atoms with van der Waals surface area (Å²) in [4.78, 5) is 17.0. The lowest BCUT2D eigenvalue weighted by atomic mass is 10.1. The fourth-order valence-electron chi connectivity index (χ4n) is 2.65. The Morgan fingerprint density at radius 3 is 2.84 bits per heavy atom. The minimum Gasteiger partial charge on any atom is -0.465 e. The van der Waals surface area contributed by atoms with Gasteiger partial charge in [0.25, 0.3) is 0 Å². The van der Waals surface area contributed by atoms with Crippen molar-refractivity contribution in [1.82, 2.24) is 19.6 Å². The van der Waals surface area contributed by atoms with Crippen LogP contribution in [0.25, 0.3) is 5.65 Å². The molecule has 0 saturated heterocycles. The van der Waals surface area contributed by atoms with Gasteiger partial charge < -0.3 is 10.4 Å². The Morgan fingerprint density at radius 2 is 2.16 bits per heavy atom. The van der Waals surface area contributed by atoms with E-state index >= 15 is 0 Å². The van der Waals surface area contributed by atoms with E-state index in [9.17, 15) is 9.90 Å². The van der Waals surface area contributed by atoms with Crippen LogP contribution in [0, 0.1) is 6.92 Å². The number of nitrogens with zero attached hydrogens (tertiary/aromatic N) is 5. The SMILES string of the molecule is Cc1cccc(CNc2nccn3c(N(C(=O)O)C(C)C)nnc23)c1. The highest BCUT2D eigenvalue weighted by Gasteiger charge is 2.24. The first-order chi connectivity index (χ1) is 12.0. The predicted octanol–water partition coefficient (Wildman–Crippen LogP) is 2.94. The van der Waals surface area contributed by atoms with E-state index in [1.165, 1.54) is 10.5 Å². The van der Waals surface area contributed by atoms with Crippen molar-refractivity contribution in [3.8, 4) is 0 Å². The van der Waals surface area contributed by atoms with Crippen molar-refractivity contribution in [3.63, 3.8) is 0 Å². The molecule has 0 atom stereocenters. The minimum absolute atomic E-state index is 0.249. The second-order valence-electron chi connectivity index (χ2n) is 6.06. The number of benzene rings is 1. The zero-order valence-corrected chi connectivity index (χ0v) is 14.3. The van der Waals surface area contributed by atoms with Gasteiger partial charge in [0, 0.05) is 25.0 Å². The van der Waals surface area contributed by atoms with Gasteiger partial charge in [-0.2, -0.15) is 0 Å². The number of fused-ring (bicyclic) bond motifs is 1.